The van der Waals surface area contributed by atoms with E-state index in [-0.39, 0.29) is 35.2 Å². The fourth-order valence-corrected chi connectivity index (χ4v) is 3.07. The Labute approximate surface area is 168 Å². The maximum absolute atomic E-state index is 13.5. The summed E-state index contributed by atoms with van der Waals surface area (Å²) < 4.78 is 40.4. The fraction of sp³-hybridized carbons (Fsp3) is 0.100. The van der Waals surface area contributed by atoms with Crippen LogP contribution in [0.25, 0.3) is 0 Å². The Balaban J connectivity index is 1.67. The summed E-state index contributed by atoms with van der Waals surface area (Å²) in [4.78, 5) is 30.3. The van der Waals surface area contributed by atoms with Crippen LogP contribution >= 0.6 is 0 Å². The van der Waals surface area contributed by atoms with E-state index in [0.717, 1.165) is 5.56 Å². The van der Waals surface area contributed by atoms with Crippen molar-refractivity contribution in [2.24, 2.45) is 0 Å². The Morgan fingerprint density at radius 2 is 1.90 bits per heavy atom. The first-order valence-electron chi connectivity index (χ1n) is 8.78. The number of nitrogens with one attached hydrogen (secondary N) is 3. The molecule has 0 unspecified atom stereocenters. The van der Waals surface area contributed by atoms with Crippen LogP contribution in [0.3, 0.4) is 0 Å². The van der Waals surface area contributed by atoms with E-state index in [1.807, 2.05) is 0 Å². The molecule has 0 radical (unpaired) electrons. The molecule has 7 nitrogen and oxygen atoms in total. The smallest absolute Gasteiger partial charge is 0.353 e. The Kier molecular flexibility index (Phi) is 4.82. The molecule has 3 heterocycles. The minimum atomic E-state index is -4.66. The standard InChI is InChI=1S/C20H14F3N5O2/c21-20(22,23)13-9-25-18(8-16(13)27-15-2-1-5-24-17(15)10-29)26-12-3-4-14-11(6-12)7-19(30)28-14/h1-6,8-10H,7H2,(H,28,30)(H2,25,26,27). The molecule has 0 atom stereocenters. The number of rotatable bonds is 5. The third kappa shape index (κ3) is 3.93. The van der Waals surface area contributed by atoms with E-state index in [4.69, 9.17) is 0 Å². The number of carbonyl (C=O) groups excluding carboxylic acids is 2. The van der Waals surface area contributed by atoms with Crippen LogP contribution in [0.2, 0.25) is 0 Å². The molecular formula is C20H14F3N5O2. The minimum Gasteiger partial charge on any atom is -0.353 e. The summed E-state index contributed by atoms with van der Waals surface area (Å²) >= 11 is 0. The van der Waals surface area contributed by atoms with E-state index >= 15 is 0 Å². The molecule has 0 saturated heterocycles. The highest BCUT2D eigenvalue weighted by atomic mass is 19.4. The zero-order valence-corrected chi connectivity index (χ0v) is 15.2. The van der Waals surface area contributed by atoms with Gasteiger partial charge in [-0.15, -0.1) is 0 Å². The number of anilines is 5. The molecule has 2 aromatic heterocycles. The summed E-state index contributed by atoms with van der Waals surface area (Å²) in [5.74, 6) is 0.0306. The average molecular weight is 413 g/mol. The average Bonchev–Trinajstić information content (AvgIpc) is 3.07. The number of amides is 1. The lowest BCUT2D eigenvalue weighted by Gasteiger charge is -2.16. The predicted octanol–water partition coefficient (Wildman–Crippen LogP) is 4.29. The van der Waals surface area contributed by atoms with Crippen molar-refractivity contribution in [3.05, 3.63) is 65.6 Å². The Bertz CT molecular complexity index is 1150. The highest BCUT2D eigenvalue weighted by Gasteiger charge is 2.34. The molecule has 10 heteroatoms. The summed E-state index contributed by atoms with van der Waals surface area (Å²) in [5, 5.41) is 8.27. The lowest BCUT2D eigenvalue weighted by Crippen LogP contribution is -2.11. The molecule has 3 N–H and O–H groups in total. The summed E-state index contributed by atoms with van der Waals surface area (Å²) in [5.41, 5.74) is 0.891. The van der Waals surface area contributed by atoms with Gasteiger partial charge in [-0.05, 0) is 35.9 Å². The second kappa shape index (κ2) is 7.47. The third-order valence-electron chi connectivity index (χ3n) is 4.43. The van der Waals surface area contributed by atoms with Gasteiger partial charge in [-0.25, -0.2) is 4.98 Å². The number of aldehydes is 1. The van der Waals surface area contributed by atoms with Crippen LogP contribution in [0.4, 0.5) is 41.7 Å². The zero-order valence-electron chi connectivity index (χ0n) is 15.2. The molecule has 0 saturated carbocycles. The maximum Gasteiger partial charge on any atom is 0.419 e. The van der Waals surface area contributed by atoms with Gasteiger partial charge in [-0.3, -0.25) is 14.6 Å². The van der Waals surface area contributed by atoms with Crippen LogP contribution in [0.5, 0.6) is 0 Å². The van der Waals surface area contributed by atoms with Crippen LogP contribution < -0.4 is 16.0 Å². The Morgan fingerprint density at radius 3 is 2.67 bits per heavy atom. The number of aromatic nitrogens is 2. The number of benzene rings is 1. The van der Waals surface area contributed by atoms with E-state index in [1.165, 1.54) is 24.4 Å². The van der Waals surface area contributed by atoms with Gasteiger partial charge < -0.3 is 16.0 Å². The highest BCUT2D eigenvalue weighted by Crippen LogP contribution is 2.37. The quantitative estimate of drug-likeness (QED) is 0.540. The SMILES string of the molecule is O=Cc1ncccc1Nc1cc(Nc2ccc3c(c2)CC(=O)N3)ncc1C(F)(F)F. The van der Waals surface area contributed by atoms with E-state index in [9.17, 15) is 22.8 Å². The molecule has 3 aromatic rings. The molecule has 0 bridgehead atoms. The minimum absolute atomic E-state index is 0.0206. The van der Waals surface area contributed by atoms with Gasteiger partial charge in [0.2, 0.25) is 5.91 Å². The second-order valence-electron chi connectivity index (χ2n) is 6.51. The normalized spacial score (nSPS) is 12.8. The van der Waals surface area contributed by atoms with Crippen molar-refractivity contribution in [1.82, 2.24) is 9.97 Å². The predicted molar refractivity (Wildman–Crippen MR) is 104 cm³/mol. The number of fused-ring (bicyclic) bond motifs is 1. The maximum atomic E-state index is 13.5. The largest absolute Gasteiger partial charge is 0.419 e. The van der Waals surface area contributed by atoms with Crippen LogP contribution in [0.15, 0.2) is 48.8 Å². The summed E-state index contributed by atoms with van der Waals surface area (Å²) in [6, 6.07) is 9.27. The molecule has 152 valence electrons. The molecule has 0 spiro atoms. The number of hydrogen-bond donors (Lipinski definition) is 3. The number of nitrogens with zero attached hydrogens (tertiary/aromatic N) is 2. The second-order valence-corrected chi connectivity index (χ2v) is 6.51. The molecule has 30 heavy (non-hydrogen) atoms. The first kappa shape index (κ1) is 19.4. The highest BCUT2D eigenvalue weighted by molar-refractivity contribution is 5.99. The van der Waals surface area contributed by atoms with Gasteiger partial charge in [-0.2, -0.15) is 13.2 Å². The topological polar surface area (TPSA) is 96.0 Å². The Hall–Kier alpha value is -3.95. The van der Waals surface area contributed by atoms with Gasteiger partial charge in [0.1, 0.15) is 11.5 Å². The first-order valence-corrected chi connectivity index (χ1v) is 8.78. The van der Waals surface area contributed by atoms with Crippen molar-refractivity contribution in [3.8, 4) is 0 Å². The molecule has 1 aliphatic heterocycles. The van der Waals surface area contributed by atoms with Gasteiger partial charge in [0.15, 0.2) is 6.29 Å². The molecule has 1 aliphatic rings. The Morgan fingerprint density at radius 1 is 1.07 bits per heavy atom. The molecule has 4 rings (SSSR count). The number of carbonyl (C=O) groups is 2. The lowest BCUT2D eigenvalue weighted by molar-refractivity contribution is -0.137. The lowest BCUT2D eigenvalue weighted by atomic mass is 10.1. The van der Waals surface area contributed by atoms with Crippen molar-refractivity contribution in [2.45, 2.75) is 12.6 Å². The van der Waals surface area contributed by atoms with Crippen molar-refractivity contribution >= 4 is 40.8 Å². The van der Waals surface area contributed by atoms with Gasteiger partial charge in [0.25, 0.3) is 0 Å². The van der Waals surface area contributed by atoms with Crippen LogP contribution in [0, 0.1) is 0 Å². The van der Waals surface area contributed by atoms with Gasteiger partial charge in [0.05, 0.1) is 23.4 Å². The van der Waals surface area contributed by atoms with Crippen LogP contribution in [0.1, 0.15) is 21.6 Å². The van der Waals surface area contributed by atoms with E-state index in [0.29, 0.717) is 23.9 Å². The van der Waals surface area contributed by atoms with Crippen molar-refractivity contribution < 1.29 is 22.8 Å². The third-order valence-corrected chi connectivity index (χ3v) is 4.43. The van der Waals surface area contributed by atoms with E-state index in [2.05, 4.69) is 25.9 Å². The summed E-state index contributed by atoms with van der Waals surface area (Å²) in [6.45, 7) is 0. The van der Waals surface area contributed by atoms with Gasteiger partial charge in [-0.1, -0.05) is 0 Å². The van der Waals surface area contributed by atoms with Crippen LogP contribution in [-0.4, -0.2) is 22.2 Å². The summed E-state index contributed by atoms with van der Waals surface area (Å²) in [7, 11) is 0. The zero-order chi connectivity index (χ0) is 21.3. The molecule has 0 aliphatic carbocycles. The molecule has 0 fully saturated rings. The molecule has 1 amide bonds. The molecule has 1 aromatic carbocycles. The summed E-state index contributed by atoms with van der Waals surface area (Å²) in [6.07, 6.45) is -1.90. The number of alkyl halides is 3. The number of pyridine rings is 2. The molecular weight excluding hydrogens is 399 g/mol. The van der Waals surface area contributed by atoms with Gasteiger partial charge in [0, 0.05) is 29.8 Å². The van der Waals surface area contributed by atoms with Crippen molar-refractivity contribution in [1.29, 1.82) is 0 Å². The number of halogens is 3. The number of hydrogen-bond acceptors (Lipinski definition) is 6. The van der Waals surface area contributed by atoms with E-state index in [1.54, 1.807) is 18.2 Å². The van der Waals surface area contributed by atoms with Crippen LogP contribution in [-0.2, 0) is 17.4 Å². The van der Waals surface area contributed by atoms with Crippen molar-refractivity contribution in [3.63, 3.8) is 0 Å². The van der Waals surface area contributed by atoms with Gasteiger partial charge >= 0.3 is 6.18 Å². The first-order chi connectivity index (χ1) is 14.3. The van der Waals surface area contributed by atoms with Crippen molar-refractivity contribution in [2.75, 3.05) is 16.0 Å². The van der Waals surface area contributed by atoms with E-state index < -0.39 is 11.7 Å². The fourth-order valence-electron chi connectivity index (χ4n) is 3.07. The monoisotopic (exact) mass is 413 g/mol.